The van der Waals surface area contributed by atoms with Gasteiger partial charge < -0.3 is 10.4 Å². The van der Waals surface area contributed by atoms with Gasteiger partial charge in [-0.3, -0.25) is 4.79 Å². The van der Waals surface area contributed by atoms with Crippen molar-refractivity contribution >= 4 is 5.91 Å². The van der Waals surface area contributed by atoms with Crippen LogP contribution in [0.1, 0.15) is 10.5 Å². The molecule has 0 aliphatic carbocycles. The van der Waals surface area contributed by atoms with Crippen LogP contribution >= 0.6 is 0 Å². The van der Waals surface area contributed by atoms with E-state index in [-0.39, 0.29) is 5.69 Å². The van der Waals surface area contributed by atoms with Gasteiger partial charge >= 0.3 is 0 Å². The summed E-state index contributed by atoms with van der Waals surface area (Å²) in [5, 5.41) is 11.0. The summed E-state index contributed by atoms with van der Waals surface area (Å²) in [6.45, 7) is 0. The summed E-state index contributed by atoms with van der Waals surface area (Å²) in [4.78, 5) is 14.1. The second-order valence-electron chi connectivity index (χ2n) is 2.09. The highest BCUT2D eigenvalue weighted by Crippen LogP contribution is 2.11. The minimum Gasteiger partial charge on any atom is -0.504 e. The van der Waals surface area contributed by atoms with Gasteiger partial charge in [0.1, 0.15) is 5.69 Å². The highest BCUT2D eigenvalue weighted by molar-refractivity contribution is 5.91. The number of carbonyl (C=O) groups excluding carboxylic acids is 1. The van der Waals surface area contributed by atoms with Crippen molar-refractivity contribution in [3.63, 3.8) is 0 Å². The average Bonchev–Trinajstić information content (AvgIpc) is 2.08. The summed E-state index contributed by atoms with van der Waals surface area (Å²) in [5.41, 5.74) is -0.0622. The molecule has 1 rings (SSSR count). The Morgan fingerprint density at radius 2 is 2.33 bits per heavy atom. The molecule has 5 heteroatoms. The lowest BCUT2D eigenvalue weighted by Gasteiger charge is -1.98. The molecule has 0 aliphatic heterocycles. The second kappa shape index (κ2) is 3.17. The molecule has 0 fully saturated rings. The number of hydrogen-bond acceptors (Lipinski definition) is 3. The average molecular weight is 170 g/mol. The lowest BCUT2D eigenvalue weighted by atomic mass is 10.3. The van der Waals surface area contributed by atoms with E-state index in [0.717, 1.165) is 6.07 Å². The highest BCUT2D eigenvalue weighted by Gasteiger charge is 2.08. The number of nitrogens with one attached hydrogen (secondary N) is 1. The SMILES string of the molecule is CNC(=O)c1ccc(O)c(F)n1. The van der Waals surface area contributed by atoms with E-state index in [2.05, 4.69) is 10.3 Å². The molecule has 0 atom stereocenters. The molecule has 0 radical (unpaired) electrons. The van der Waals surface area contributed by atoms with Crippen LogP contribution in [0.15, 0.2) is 12.1 Å². The largest absolute Gasteiger partial charge is 0.504 e. The van der Waals surface area contributed by atoms with Crippen LogP contribution in [0.25, 0.3) is 0 Å². The first-order valence-electron chi connectivity index (χ1n) is 3.22. The number of carbonyl (C=O) groups is 1. The molecule has 64 valence electrons. The molecule has 0 aliphatic rings. The van der Waals surface area contributed by atoms with Crippen molar-refractivity contribution < 1.29 is 14.3 Å². The Bertz CT molecular complexity index is 314. The Kier molecular flexibility index (Phi) is 2.23. The zero-order chi connectivity index (χ0) is 9.14. The van der Waals surface area contributed by atoms with E-state index in [1.54, 1.807) is 0 Å². The van der Waals surface area contributed by atoms with Gasteiger partial charge in [0.25, 0.3) is 11.9 Å². The van der Waals surface area contributed by atoms with Crippen molar-refractivity contribution in [2.45, 2.75) is 0 Å². The van der Waals surface area contributed by atoms with E-state index in [9.17, 15) is 9.18 Å². The predicted octanol–water partition coefficient (Wildman–Crippen LogP) is 0.286. The van der Waals surface area contributed by atoms with Gasteiger partial charge in [-0.1, -0.05) is 0 Å². The lowest BCUT2D eigenvalue weighted by Crippen LogP contribution is -2.19. The smallest absolute Gasteiger partial charge is 0.269 e. The molecule has 12 heavy (non-hydrogen) atoms. The molecule has 4 nitrogen and oxygen atoms in total. The van der Waals surface area contributed by atoms with Crippen molar-refractivity contribution in [1.82, 2.24) is 10.3 Å². The zero-order valence-electron chi connectivity index (χ0n) is 6.34. The van der Waals surface area contributed by atoms with Gasteiger partial charge in [0.05, 0.1) is 0 Å². The molecule has 1 amide bonds. The molecule has 2 N–H and O–H groups in total. The van der Waals surface area contributed by atoms with Gasteiger partial charge in [0.2, 0.25) is 0 Å². The molecule has 0 aromatic carbocycles. The van der Waals surface area contributed by atoms with Gasteiger partial charge in [-0.05, 0) is 12.1 Å². The Labute approximate surface area is 68.1 Å². The first kappa shape index (κ1) is 8.45. The van der Waals surface area contributed by atoms with E-state index in [4.69, 9.17) is 5.11 Å². The lowest BCUT2D eigenvalue weighted by molar-refractivity contribution is 0.0957. The van der Waals surface area contributed by atoms with E-state index >= 15 is 0 Å². The summed E-state index contributed by atoms with van der Waals surface area (Å²) in [7, 11) is 1.41. The number of pyridine rings is 1. The third-order valence-corrected chi connectivity index (χ3v) is 1.29. The molecule has 0 bridgehead atoms. The zero-order valence-corrected chi connectivity index (χ0v) is 6.34. The van der Waals surface area contributed by atoms with Crippen molar-refractivity contribution in [3.05, 3.63) is 23.8 Å². The minimum absolute atomic E-state index is 0.0622. The van der Waals surface area contributed by atoms with E-state index in [0.29, 0.717) is 0 Å². The maximum Gasteiger partial charge on any atom is 0.269 e. The van der Waals surface area contributed by atoms with Crippen LogP contribution in [0.5, 0.6) is 5.75 Å². The Balaban J connectivity index is 3.05. The third-order valence-electron chi connectivity index (χ3n) is 1.29. The van der Waals surface area contributed by atoms with Crippen LogP contribution in [0.2, 0.25) is 0 Å². The standard InChI is InChI=1S/C7H7FN2O2/c1-9-7(12)4-2-3-5(11)6(8)10-4/h2-3,11H,1H3,(H,9,12). The van der Waals surface area contributed by atoms with Crippen LogP contribution in [-0.4, -0.2) is 23.0 Å². The summed E-state index contributed by atoms with van der Waals surface area (Å²) in [6.07, 6.45) is 0. The van der Waals surface area contributed by atoms with Crippen LogP contribution < -0.4 is 5.32 Å². The number of aromatic nitrogens is 1. The van der Waals surface area contributed by atoms with Gasteiger partial charge in [-0.2, -0.15) is 4.39 Å². The van der Waals surface area contributed by atoms with E-state index < -0.39 is 17.6 Å². The monoisotopic (exact) mass is 170 g/mol. The van der Waals surface area contributed by atoms with Crippen LogP contribution in [0.3, 0.4) is 0 Å². The second-order valence-corrected chi connectivity index (χ2v) is 2.09. The normalized spacial score (nSPS) is 9.50. The summed E-state index contributed by atoms with van der Waals surface area (Å²) in [6, 6.07) is 2.31. The van der Waals surface area contributed by atoms with Crippen LogP contribution in [0.4, 0.5) is 4.39 Å². The molecule has 1 heterocycles. The summed E-state index contributed by atoms with van der Waals surface area (Å²) in [5.74, 6) is -2.10. The van der Waals surface area contributed by atoms with E-state index in [1.165, 1.54) is 13.1 Å². The molecule has 0 saturated carbocycles. The fourth-order valence-electron chi connectivity index (χ4n) is 0.681. The first-order valence-corrected chi connectivity index (χ1v) is 3.22. The van der Waals surface area contributed by atoms with Gasteiger partial charge in [-0.15, -0.1) is 0 Å². The number of amides is 1. The fourth-order valence-corrected chi connectivity index (χ4v) is 0.681. The number of hydrogen-bond donors (Lipinski definition) is 2. The first-order chi connectivity index (χ1) is 5.65. The highest BCUT2D eigenvalue weighted by atomic mass is 19.1. The van der Waals surface area contributed by atoms with Gasteiger partial charge in [-0.25, -0.2) is 4.98 Å². The van der Waals surface area contributed by atoms with Crippen molar-refractivity contribution in [2.24, 2.45) is 0 Å². The quantitative estimate of drug-likeness (QED) is 0.595. The fraction of sp³-hybridized carbons (Fsp3) is 0.143. The molecule has 0 unspecified atom stereocenters. The topological polar surface area (TPSA) is 62.2 Å². The molecule has 0 spiro atoms. The van der Waals surface area contributed by atoms with Crippen LogP contribution in [0, 0.1) is 5.95 Å². The number of nitrogens with zero attached hydrogens (tertiary/aromatic N) is 1. The van der Waals surface area contributed by atoms with Gasteiger partial charge in [0.15, 0.2) is 5.75 Å². The Hall–Kier alpha value is -1.65. The van der Waals surface area contributed by atoms with Crippen LogP contribution in [-0.2, 0) is 0 Å². The maximum atomic E-state index is 12.5. The molecular weight excluding hydrogens is 163 g/mol. The molecule has 0 saturated heterocycles. The minimum atomic E-state index is -1.05. The maximum absolute atomic E-state index is 12.5. The van der Waals surface area contributed by atoms with Gasteiger partial charge in [0, 0.05) is 7.05 Å². The number of rotatable bonds is 1. The Morgan fingerprint density at radius 1 is 1.67 bits per heavy atom. The van der Waals surface area contributed by atoms with Crippen molar-refractivity contribution in [3.8, 4) is 5.75 Å². The summed E-state index contributed by atoms with van der Waals surface area (Å²) >= 11 is 0. The molecular formula is C7H7FN2O2. The predicted molar refractivity (Wildman–Crippen MR) is 39.3 cm³/mol. The number of halogens is 1. The molecule has 1 aromatic heterocycles. The number of aromatic hydroxyl groups is 1. The Morgan fingerprint density at radius 3 is 2.83 bits per heavy atom. The van der Waals surface area contributed by atoms with Crippen molar-refractivity contribution in [2.75, 3.05) is 7.05 Å². The third kappa shape index (κ3) is 1.50. The van der Waals surface area contributed by atoms with E-state index in [1.807, 2.05) is 0 Å². The molecule has 1 aromatic rings. The van der Waals surface area contributed by atoms with Crippen molar-refractivity contribution in [1.29, 1.82) is 0 Å². The summed E-state index contributed by atoms with van der Waals surface area (Å²) < 4.78 is 12.5.